The number of benzene rings is 2. The largest absolute Gasteiger partial charge is 0.493 e. The molecular weight excluding hydrogens is 414 g/mol. The summed E-state index contributed by atoms with van der Waals surface area (Å²) in [6.45, 7) is 11.3. The minimum absolute atomic E-state index is 0.0185. The van der Waals surface area contributed by atoms with Gasteiger partial charge in [0.2, 0.25) is 0 Å². The lowest BCUT2D eigenvalue weighted by Gasteiger charge is -2.22. The molecule has 6 nitrogen and oxygen atoms in total. The third kappa shape index (κ3) is 7.90. The Balaban J connectivity index is 0.000000696. The number of allylic oxidation sites excluding steroid dienone is 1. The highest BCUT2D eigenvalue weighted by molar-refractivity contribution is 5.93. The molecule has 1 N–H and O–H groups in total. The van der Waals surface area contributed by atoms with Crippen molar-refractivity contribution >= 4 is 28.2 Å². The zero-order valence-electron chi connectivity index (χ0n) is 20.3. The maximum absolute atomic E-state index is 9.69. The van der Waals surface area contributed by atoms with Gasteiger partial charge in [-0.1, -0.05) is 52.0 Å². The third-order valence-corrected chi connectivity index (χ3v) is 5.36. The van der Waals surface area contributed by atoms with Crippen molar-refractivity contribution in [2.24, 2.45) is 5.92 Å². The van der Waals surface area contributed by atoms with Gasteiger partial charge >= 0.3 is 0 Å². The molecule has 0 saturated heterocycles. The van der Waals surface area contributed by atoms with Crippen LogP contribution >= 0.6 is 0 Å². The van der Waals surface area contributed by atoms with Crippen molar-refractivity contribution < 1.29 is 14.3 Å². The first kappa shape index (κ1) is 25.8. The quantitative estimate of drug-likeness (QED) is 0.346. The molecule has 0 aliphatic carbocycles. The second-order valence-corrected chi connectivity index (χ2v) is 7.95. The number of aromatic nitrogens is 2. The second kappa shape index (κ2) is 13.2. The Bertz CT molecular complexity index is 1040. The van der Waals surface area contributed by atoms with Crippen molar-refractivity contribution in [2.75, 3.05) is 12.4 Å². The summed E-state index contributed by atoms with van der Waals surface area (Å²) in [7, 11) is 1.66. The number of carbonyl (C=O) groups excluding carboxylic acids is 1. The first-order valence-electron chi connectivity index (χ1n) is 11.4. The maximum atomic E-state index is 9.69. The van der Waals surface area contributed by atoms with Crippen molar-refractivity contribution in [3.8, 4) is 11.5 Å². The summed E-state index contributed by atoms with van der Waals surface area (Å²) in [5.74, 6) is 2.81. The van der Waals surface area contributed by atoms with Gasteiger partial charge in [-0.15, -0.1) is 0 Å². The van der Waals surface area contributed by atoms with E-state index in [-0.39, 0.29) is 11.9 Å². The molecule has 0 aliphatic heterocycles. The van der Waals surface area contributed by atoms with Crippen molar-refractivity contribution in [1.82, 2.24) is 9.97 Å². The Morgan fingerprint density at radius 1 is 1.12 bits per heavy atom. The fourth-order valence-corrected chi connectivity index (χ4v) is 3.17. The van der Waals surface area contributed by atoms with Gasteiger partial charge in [0, 0.05) is 17.1 Å². The first-order chi connectivity index (χ1) is 15.9. The molecule has 1 heterocycles. The van der Waals surface area contributed by atoms with Crippen LogP contribution in [0.2, 0.25) is 0 Å². The molecule has 0 aliphatic rings. The van der Waals surface area contributed by atoms with Crippen molar-refractivity contribution in [1.29, 1.82) is 0 Å². The molecule has 0 radical (unpaired) electrons. The number of para-hydroxylation sites is 1. The van der Waals surface area contributed by atoms with Gasteiger partial charge in [0.25, 0.3) is 0 Å². The summed E-state index contributed by atoms with van der Waals surface area (Å²) in [6.07, 6.45) is 6.11. The van der Waals surface area contributed by atoms with Crippen molar-refractivity contribution in [3.05, 3.63) is 61.4 Å². The van der Waals surface area contributed by atoms with E-state index in [1.165, 1.54) is 13.0 Å². The smallest absolute Gasteiger partial charge is 0.162 e. The Morgan fingerprint density at radius 2 is 1.82 bits per heavy atom. The summed E-state index contributed by atoms with van der Waals surface area (Å²) >= 11 is 0. The van der Waals surface area contributed by atoms with Crippen LogP contribution in [-0.4, -0.2) is 29.0 Å². The number of fused-ring (bicyclic) bond motifs is 1. The number of methoxy groups -OCH3 is 1. The SMILES string of the molecule is C=CC(C)=O.CCC(C)CC(CC)Oc1cc2c(Nc3ccccc3)ncnc2cc1OC. The van der Waals surface area contributed by atoms with Crippen LogP contribution in [0.5, 0.6) is 11.5 Å². The van der Waals surface area contributed by atoms with E-state index in [4.69, 9.17) is 9.47 Å². The number of hydrogen-bond acceptors (Lipinski definition) is 6. The lowest BCUT2D eigenvalue weighted by Crippen LogP contribution is -2.19. The van der Waals surface area contributed by atoms with E-state index in [9.17, 15) is 4.79 Å². The zero-order chi connectivity index (χ0) is 24.2. The van der Waals surface area contributed by atoms with Crippen LogP contribution in [0.15, 0.2) is 61.4 Å². The lowest BCUT2D eigenvalue weighted by atomic mass is 9.99. The molecule has 33 heavy (non-hydrogen) atoms. The number of nitrogens with one attached hydrogen (secondary N) is 1. The van der Waals surface area contributed by atoms with Gasteiger partial charge in [-0.05, 0) is 50.0 Å². The van der Waals surface area contributed by atoms with Gasteiger partial charge in [0.1, 0.15) is 12.1 Å². The van der Waals surface area contributed by atoms with Gasteiger partial charge in [0.15, 0.2) is 17.3 Å². The first-order valence-corrected chi connectivity index (χ1v) is 11.4. The number of ether oxygens (including phenoxy) is 2. The zero-order valence-corrected chi connectivity index (χ0v) is 20.3. The van der Waals surface area contributed by atoms with Crippen LogP contribution in [0.4, 0.5) is 11.5 Å². The molecule has 2 aromatic carbocycles. The number of anilines is 2. The fraction of sp³-hybridized carbons (Fsp3) is 0.370. The fourth-order valence-electron chi connectivity index (χ4n) is 3.17. The van der Waals surface area contributed by atoms with Gasteiger partial charge in [-0.2, -0.15) is 0 Å². The van der Waals surface area contributed by atoms with Crippen LogP contribution in [0, 0.1) is 5.92 Å². The van der Waals surface area contributed by atoms with E-state index in [0.29, 0.717) is 11.7 Å². The van der Waals surface area contributed by atoms with Gasteiger partial charge in [-0.3, -0.25) is 4.79 Å². The highest BCUT2D eigenvalue weighted by atomic mass is 16.5. The Labute approximate surface area is 197 Å². The van der Waals surface area contributed by atoms with E-state index in [2.05, 4.69) is 42.6 Å². The number of ketones is 1. The van der Waals surface area contributed by atoms with Crippen LogP contribution in [0.25, 0.3) is 10.9 Å². The predicted molar refractivity (Wildman–Crippen MR) is 135 cm³/mol. The molecule has 0 amide bonds. The summed E-state index contributed by atoms with van der Waals surface area (Å²) in [5.41, 5.74) is 1.79. The highest BCUT2D eigenvalue weighted by Gasteiger charge is 2.17. The second-order valence-electron chi connectivity index (χ2n) is 7.95. The van der Waals surface area contributed by atoms with Crippen LogP contribution < -0.4 is 14.8 Å². The molecule has 6 heteroatoms. The van der Waals surface area contributed by atoms with E-state index in [1.807, 2.05) is 42.5 Å². The molecule has 0 fully saturated rings. The average molecular weight is 450 g/mol. The summed E-state index contributed by atoms with van der Waals surface area (Å²) in [6, 6.07) is 13.9. The number of hydrogen-bond donors (Lipinski definition) is 1. The summed E-state index contributed by atoms with van der Waals surface area (Å²) < 4.78 is 11.9. The molecule has 2 unspecified atom stereocenters. The van der Waals surface area contributed by atoms with E-state index < -0.39 is 0 Å². The molecule has 2 atom stereocenters. The molecule has 3 rings (SSSR count). The standard InChI is InChI=1S/C23H29N3O2.C4H6O/c1-5-16(3)12-18(6-2)28-22-13-19-20(14-21(22)27-4)24-15-25-23(19)26-17-10-8-7-9-11-17;1-3-4(2)5/h7-11,13-16,18H,5-6,12H2,1-4H3,(H,24,25,26);3H,1H2,2H3. The predicted octanol–water partition coefficient (Wildman–Crippen LogP) is 6.74. The minimum atomic E-state index is 0.0185. The molecular formula is C27H35N3O3. The number of carbonyl (C=O) groups is 1. The highest BCUT2D eigenvalue weighted by Crippen LogP contribution is 2.36. The summed E-state index contributed by atoms with van der Waals surface area (Å²) in [5, 5.41) is 4.28. The van der Waals surface area contributed by atoms with Crippen LogP contribution in [-0.2, 0) is 4.79 Å². The van der Waals surface area contributed by atoms with Crippen molar-refractivity contribution in [3.63, 3.8) is 0 Å². The molecule has 0 bridgehead atoms. The lowest BCUT2D eigenvalue weighted by molar-refractivity contribution is -0.112. The average Bonchev–Trinajstić information content (AvgIpc) is 2.84. The van der Waals surface area contributed by atoms with Crippen LogP contribution in [0.3, 0.4) is 0 Å². The van der Waals surface area contributed by atoms with Gasteiger partial charge in [-0.25, -0.2) is 9.97 Å². The van der Waals surface area contributed by atoms with E-state index in [0.717, 1.165) is 47.4 Å². The maximum Gasteiger partial charge on any atom is 0.162 e. The Morgan fingerprint density at radius 3 is 2.39 bits per heavy atom. The normalized spacial score (nSPS) is 12.2. The van der Waals surface area contributed by atoms with Gasteiger partial charge < -0.3 is 14.8 Å². The molecule has 3 aromatic rings. The minimum Gasteiger partial charge on any atom is -0.493 e. The summed E-state index contributed by atoms with van der Waals surface area (Å²) in [4.78, 5) is 18.5. The molecule has 1 aromatic heterocycles. The van der Waals surface area contributed by atoms with E-state index >= 15 is 0 Å². The Kier molecular flexibility index (Phi) is 10.3. The Hall–Kier alpha value is -3.41. The van der Waals surface area contributed by atoms with Crippen molar-refractivity contribution in [2.45, 2.75) is 53.1 Å². The van der Waals surface area contributed by atoms with Crippen LogP contribution in [0.1, 0.15) is 47.0 Å². The van der Waals surface area contributed by atoms with E-state index in [1.54, 1.807) is 13.4 Å². The monoisotopic (exact) mass is 449 g/mol. The molecule has 0 spiro atoms. The third-order valence-electron chi connectivity index (χ3n) is 5.36. The number of rotatable bonds is 10. The van der Waals surface area contributed by atoms with Gasteiger partial charge in [0.05, 0.1) is 18.7 Å². The molecule has 0 saturated carbocycles. The topological polar surface area (TPSA) is 73.3 Å². The molecule has 176 valence electrons. The number of nitrogens with zero attached hydrogens (tertiary/aromatic N) is 2.